The Bertz CT molecular complexity index is 619. The number of aliphatic hydroxyl groups excluding tert-OH is 1. The highest BCUT2D eigenvalue weighted by molar-refractivity contribution is 6.00. The standard InChI is InChI=1S/C17H18N2O4/c1-12(20)15(16(21)22)18-17(23)19(13-8-4-2-5-9-13)14-10-6-3-7-11-14/h2-12,15,20H,1H3,(H,18,23)(H,21,22)/t12-,15-/m1/s1. The van der Waals surface area contributed by atoms with Gasteiger partial charge in [0.05, 0.1) is 17.5 Å². The van der Waals surface area contributed by atoms with E-state index >= 15 is 0 Å². The maximum Gasteiger partial charge on any atom is 0.328 e. The fourth-order valence-electron chi connectivity index (χ4n) is 2.12. The van der Waals surface area contributed by atoms with Gasteiger partial charge in [0, 0.05) is 0 Å². The van der Waals surface area contributed by atoms with Crippen molar-refractivity contribution in [2.45, 2.75) is 19.1 Å². The number of aliphatic carboxylic acids is 1. The van der Waals surface area contributed by atoms with Crippen LogP contribution in [0.15, 0.2) is 60.7 Å². The van der Waals surface area contributed by atoms with Gasteiger partial charge in [-0.05, 0) is 31.2 Å². The molecule has 0 aliphatic rings. The lowest BCUT2D eigenvalue weighted by molar-refractivity contribution is -0.141. The summed E-state index contributed by atoms with van der Waals surface area (Å²) in [6.07, 6.45) is -1.22. The molecule has 0 saturated carbocycles. The van der Waals surface area contributed by atoms with E-state index in [2.05, 4.69) is 5.32 Å². The summed E-state index contributed by atoms with van der Waals surface area (Å²) in [5.41, 5.74) is 1.18. The summed E-state index contributed by atoms with van der Waals surface area (Å²) in [6, 6.07) is 15.7. The second-order valence-corrected chi connectivity index (χ2v) is 5.01. The predicted octanol–water partition coefficient (Wildman–Crippen LogP) is 2.37. The maximum atomic E-state index is 12.6. The molecule has 0 radical (unpaired) electrons. The first-order valence-electron chi connectivity index (χ1n) is 7.12. The number of hydrogen-bond acceptors (Lipinski definition) is 3. The minimum atomic E-state index is -1.39. The normalized spacial score (nSPS) is 13.0. The number of carboxylic acids is 1. The van der Waals surface area contributed by atoms with Crippen LogP contribution in [0, 0.1) is 0 Å². The average molecular weight is 314 g/mol. The molecule has 6 nitrogen and oxygen atoms in total. The number of urea groups is 1. The molecule has 2 rings (SSSR count). The maximum absolute atomic E-state index is 12.6. The largest absolute Gasteiger partial charge is 0.480 e. The molecular weight excluding hydrogens is 296 g/mol. The van der Waals surface area contributed by atoms with Crippen molar-refractivity contribution in [2.24, 2.45) is 0 Å². The fourth-order valence-corrected chi connectivity index (χ4v) is 2.12. The molecule has 2 amide bonds. The fraction of sp³-hybridized carbons (Fsp3) is 0.176. The lowest BCUT2D eigenvalue weighted by Gasteiger charge is -2.26. The van der Waals surface area contributed by atoms with E-state index in [1.165, 1.54) is 11.8 Å². The van der Waals surface area contributed by atoms with Crippen LogP contribution >= 0.6 is 0 Å². The van der Waals surface area contributed by atoms with Crippen molar-refractivity contribution in [1.29, 1.82) is 0 Å². The molecule has 0 aromatic heterocycles. The van der Waals surface area contributed by atoms with Gasteiger partial charge >= 0.3 is 12.0 Å². The number of carboxylic acid groups (broad SMARTS) is 1. The lowest BCUT2D eigenvalue weighted by atomic mass is 10.2. The quantitative estimate of drug-likeness (QED) is 0.790. The highest BCUT2D eigenvalue weighted by Crippen LogP contribution is 2.25. The summed E-state index contributed by atoms with van der Waals surface area (Å²) >= 11 is 0. The number of carbonyl (C=O) groups excluding carboxylic acids is 1. The number of aliphatic hydroxyl groups is 1. The van der Waals surface area contributed by atoms with Crippen LogP contribution in [-0.2, 0) is 4.79 Å². The van der Waals surface area contributed by atoms with Gasteiger partial charge in [-0.15, -0.1) is 0 Å². The molecule has 0 heterocycles. The predicted molar refractivity (Wildman–Crippen MR) is 86.7 cm³/mol. The average Bonchev–Trinajstić information content (AvgIpc) is 2.54. The molecule has 3 N–H and O–H groups in total. The third kappa shape index (κ3) is 4.08. The number of amides is 2. The SMILES string of the molecule is C[C@@H](O)[C@@H](NC(=O)N(c1ccccc1)c1ccccc1)C(=O)O. The Hall–Kier alpha value is -2.86. The monoisotopic (exact) mass is 314 g/mol. The molecule has 0 aliphatic heterocycles. The number of rotatable bonds is 5. The Morgan fingerprint density at radius 1 is 0.957 bits per heavy atom. The third-order valence-electron chi connectivity index (χ3n) is 3.26. The lowest BCUT2D eigenvalue weighted by Crippen LogP contribution is -2.51. The van der Waals surface area contributed by atoms with Crippen LogP contribution in [0.4, 0.5) is 16.2 Å². The summed E-state index contributed by atoms with van der Waals surface area (Å²) < 4.78 is 0. The van der Waals surface area contributed by atoms with Crippen molar-refractivity contribution in [2.75, 3.05) is 4.90 Å². The zero-order valence-electron chi connectivity index (χ0n) is 12.6. The second kappa shape index (κ2) is 7.42. The molecule has 120 valence electrons. The molecule has 0 unspecified atom stereocenters. The second-order valence-electron chi connectivity index (χ2n) is 5.01. The molecular formula is C17H18N2O4. The molecule has 6 heteroatoms. The molecule has 0 spiro atoms. The van der Waals surface area contributed by atoms with Crippen LogP contribution in [0.2, 0.25) is 0 Å². The van der Waals surface area contributed by atoms with Gasteiger partial charge in [0.25, 0.3) is 0 Å². The van der Waals surface area contributed by atoms with Crippen molar-refractivity contribution >= 4 is 23.4 Å². The number of nitrogens with one attached hydrogen (secondary N) is 1. The Balaban J connectivity index is 2.34. The van der Waals surface area contributed by atoms with E-state index in [1.807, 2.05) is 12.1 Å². The van der Waals surface area contributed by atoms with Gasteiger partial charge in [-0.1, -0.05) is 36.4 Å². The Kier molecular flexibility index (Phi) is 5.32. The highest BCUT2D eigenvalue weighted by Gasteiger charge is 2.28. The van der Waals surface area contributed by atoms with E-state index in [9.17, 15) is 14.7 Å². The first-order chi connectivity index (χ1) is 11.0. The van der Waals surface area contributed by atoms with E-state index in [0.717, 1.165) is 0 Å². The molecule has 2 atom stereocenters. The molecule has 2 aromatic rings. The Morgan fingerprint density at radius 2 is 1.39 bits per heavy atom. The van der Waals surface area contributed by atoms with Gasteiger partial charge in [0.1, 0.15) is 0 Å². The van der Waals surface area contributed by atoms with Gasteiger partial charge in [-0.25, -0.2) is 9.59 Å². The molecule has 2 aromatic carbocycles. The van der Waals surface area contributed by atoms with E-state index in [0.29, 0.717) is 11.4 Å². The van der Waals surface area contributed by atoms with Crippen molar-refractivity contribution in [3.05, 3.63) is 60.7 Å². The molecule has 0 bridgehead atoms. The Labute approximate surface area is 134 Å². The van der Waals surface area contributed by atoms with Gasteiger partial charge in [-0.2, -0.15) is 0 Å². The van der Waals surface area contributed by atoms with Crippen molar-refractivity contribution in [3.8, 4) is 0 Å². The zero-order valence-corrected chi connectivity index (χ0v) is 12.6. The number of carbonyl (C=O) groups is 2. The smallest absolute Gasteiger partial charge is 0.328 e. The third-order valence-corrected chi connectivity index (χ3v) is 3.26. The number of nitrogens with zero attached hydrogens (tertiary/aromatic N) is 1. The van der Waals surface area contributed by atoms with Crippen molar-refractivity contribution in [1.82, 2.24) is 5.32 Å². The first-order valence-corrected chi connectivity index (χ1v) is 7.12. The van der Waals surface area contributed by atoms with Crippen LogP contribution in [0.1, 0.15) is 6.92 Å². The Morgan fingerprint density at radius 3 is 1.74 bits per heavy atom. The topological polar surface area (TPSA) is 89.9 Å². The number of anilines is 2. The number of benzene rings is 2. The van der Waals surface area contributed by atoms with Crippen LogP contribution in [-0.4, -0.2) is 34.4 Å². The van der Waals surface area contributed by atoms with E-state index in [1.54, 1.807) is 48.5 Å². The molecule has 0 fully saturated rings. The van der Waals surface area contributed by atoms with Crippen LogP contribution < -0.4 is 10.2 Å². The summed E-state index contributed by atoms with van der Waals surface area (Å²) in [7, 11) is 0. The van der Waals surface area contributed by atoms with E-state index in [-0.39, 0.29) is 0 Å². The van der Waals surface area contributed by atoms with Crippen LogP contribution in [0.25, 0.3) is 0 Å². The summed E-state index contributed by atoms with van der Waals surface area (Å²) in [5, 5.41) is 21.0. The van der Waals surface area contributed by atoms with Gasteiger partial charge < -0.3 is 15.5 Å². The van der Waals surface area contributed by atoms with Gasteiger partial charge in [0.2, 0.25) is 0 Å². The highest BCUT2D eigenvalue weighted by atomic mass is 16.4. The first kappa shape index (κ1) is 16.5. The number of para-hydroxylation sites is 2. The van der Waals surface area contributed by atoms with E-state index in [4.69, 9.17) is 5.11 Å². The summed E-state index contributed by atoms with van der Waals surface area (Å²) in [5.74, 6) is -1.30. The summed E-state index contributed by atoms with van der Waals surface area (Å²) in [4.78, 5) is 25.1. The molecule has 23 heavy (non-hydrogen) atoms. The van der Waals surface area contributed by atoms with Gasteiger partial charge in [0.15, 0.2) is 6.04 Å². The van der Waals surface area contributed by atoms with E-state index < -0.39 is 24.1 Å². The number of hydrogen-bond donors (Lipinski definition) is 3. The molecule has 0 aliphatic carbocycles. The van der Waals surface area contributed by atoms with Crippen LogP contribution in [0.5, 0.6) is 0 Å². The zero-order chi connectivity index (χ0) is 16.8. The summed E-state index contributed by atoms with van der Waals surface area (Å²) in [6.45, 7) is 1.31. The minimum absolute atomic E-state index is 0.589. The molecule has 0 saturated heterocycles. The van der Waals surface area contributed by atoms with Crippen molar-refractivity contribution < 1.29 is 19.8 Å². The van der Waals surface area contributed by atoms with Gasteiger partial charge in [-0.3, -0.25) is 4.90 Å². The van der Waals surface area contributed by atoms with Crippen molar-refractivity contribution in [3.63, 3.8) is 0 Å². The minimum Gasteiger partial charge on any atom is -0.480 e. The van der Waals surface area contributed by atoms with Crippen LogP contribution in [0.3, 0.4) is 0 Å².